The molecule has 0 spiro atoms. The molecule has 0 aliphatic carbocycles. The minimum atomic E-state index is -0.894. The lowest BCUT2D eigenvalue weighted by Gasteiger charge is -2.04. The molecule has 0 heterocycles. The third kappa shape index (κ3) is 1.46. The van der Waals surface area contributed by atoms with Crippen molar-refractivity contribution < 1.29 is 19.8 Å². The molecule has 5 heteroatoms. The van der Waals surface area contributed by atoms with Crippen molar-refractivity contribution in [3.63, 3.8) is 0 Å². The maximum absolute atomic E-state index is 12.5. The lowest BCUT2D eigenvalue weighted by molar-refractivity contribution is 0.160. The Morgan fingerprint density at radius 2 is 1.92 bits per heavy atom. The van der Waals surface area contributed by atoms with Crippen LogP contribution in [0.2, 0.25) is 0 Å². The molecular formula is C7H8FNO3. The molecule has 0 aromatic heterocycles. The maximum Gasteiger partial charge on any atom is 0.194 e. The average Bonchev–Trinajstić information content (AvgIpc) is 2.07. The number of rotatable bonds is 2. The molecule has 1 aromatic carbocycles. The van der Waals surface area contributed by atoms with Crippen molar-refractivity contribution in [3.05, 3.63) is 23.5 Å². The van der Waals surface area contributed by atoms with Gasteiger partial charge in [0.1, 0.15) is 0 Å². The van der Waals surface area contributed by atoms with Crippen LogP contribution in [0, 0.1) is 5.82 Å². The normalized spacial score (nSPS) is 10.2. The fourth-order valence-corrected chi connectivity index (χ4v) is 0.825. The number of hydrogen-bond acceptors (Lipinski definition) is 4. The fourth-order valence-electron chi connectivity index (χ4n) is 0.825. The highest BCUT2D eigenvalue weighted by Crippen LogP contribution is 2.31. The standard InChI is InChI=1S/C7H8FNO3/c8-5-2-1-4(3-9-12)6(10)7(5)11/h1-2,9-12H,3H2. The van der Waals surface area contributed by atoms with Gasteiger partial charge in [0.25, 0.3) is 0 Å². The van der Waals surface area contributed by atoms with Gasteiger partial charge in [0, 0.05) is 12.1 Å². The van der Waals surface area contributed by atoms with Gasteiger partial charge in [-0.05, 0) is 6.07 Å². The molecule has 0 fully saturated rings. The van der Waals surface area contributed by atoms with Gasteiger partial charge in [0.2, 0.25) is 0 Å². The van der Waals surface area contributed by atoms with Crippen molar-refractivity contribution in [2.45, 2.75) is 6.54 Å². The largest absolute Gasteiger partial charge is 0.504 e. The lowest BCUT2D eigenvalue weighted by atomic mass is 10.2. The molecule has 0 atom stereocenters. The minimum Gasteiger partial charge on any atom is -0.504 e. The van der Waals surface area contributed by atoms with Crippen LogP contribution in [0.4, 0.5) is 4.39 Å². The summed E-state index contributed by atoms with van der Waals surface area (Å²) in [7, 11) is 0. The van der Waals surface area contributed by atoms with Crippen LogP contribution in [-0.4, -0.2) is 15.4 Å². The summed E-state index contributed by atoms with van der Waals surface area (Å²) in [6.07, 6.45) is 0. The predicted molar refractivity (Wildman–Crippen MR) is 38.4 cm³/mol. The van der Waals surface area contributed by atoms with E-state index in [9.17, 15) is 4.39 Å². The van der Waals surface area contributed by atoms with Gasteiger partial charge in [-0.25, -0.2) is 9.87 Å². The molecule has 66 valence electrons. The zero-order chi connectivity index (χ0) is 9.14. The number of aromatic hydroxyl groups is 2. The number of halogens is 1. The van der Waals surface area contributed by atoms with E-state index in [4.69, 9.17) is 15.4 Å². The first-order valence-electron chi connectivity index (χ1n) is 3.23. The van der Waals surface area contributed by atoms with Crippen LogP contribution in [0.3, 0.4) is 0 Å². The van der Waals surface area contributed by atoms with Crippen LogP contribution < -0.4 is 5.48 Å². The highest BCUT2D eigenvalue weighted by molar-refractivity contribution is 5.45. The summed E-state index contributed by atoms with van der Waals surface area (Å²) in [6.45, 7) is -0.0559. The van der Waals surface area contributed by atoms with Gasteiger partial charge in [0.15, 0.2) is 17.3 Å². The topological polar surface area (TPSA) is 72.7 Å². The van der Waals surface area contributed by atoms with Crippen LogP contribution >= 0.6 is 0 Å². The summed E-state index contributed by atoms with van der Waals surface area (Å²) in [4.78, 5) is 0. The number of phenolic OH excluding ortho intramolecular Hbond substituents is 2. The second kappa shape index (κ2) is 3.38. The van der Waals surface area contributed by atoms with Gasteiger partial charge in [-0.1, -0.05) is 6.07 Å². The molecule has 0 aliphatic heterocycles. The average molecular weight is 173 g/mol. The first-order valence-corrected chi connectivity index (χ1v) is 3.23. The van der Waals surface area contributed by atoms with E-state index < -0.39 is 17.3 Å². The third-order valence-corrected chi connectivity index (χ3v) is 1.46. The van der Waals surface area contributed by atoms with E-state index in [2.05, 4.69) is 0 Å². The van der Waals surface area contributed by atoms with E-state index in [0.717, 1.165) is 6.07 Å². The fraction of sp³-hybridized carbons (Fsp3) is 0.143. The van der Waals surface area contributed by atoms with Gasteiger partial charge >= 0.3 is 0 Å². The van der Waals surface area contributed by atoms with Crippen LogP contribution in [0.15, 0.2) is 12.1 Å². The molecule has 0 radical (unpaired) electrons. The lowest BCUT2D eigenvalue weighted by Crippen LogP contribution is -2.06. The van der Waals surface area contributed by atoms with Crippen LogP contribution in [0.25, 0.3) is 0 Å². The molecule has 0 saturated carbocycles. The second-order valence-corrected chi connectivity index (χ2v) is 2.24. The Labute approximate surface area is 67.8 Å². The number of hydrogen-bond donors (Lipinski definition) is 4. The summed E-state index contributed by atoms with van der Waals surface area (Å²) >= 11 is 0. The predicted octanol–water partition coefficient (Wildman–Crippen LogP) is 0.716. The molecule has 12 heavy (non-hydrogen) atoms. The molecule has 0 saturated heterocycles. The zero-order valence-corrected chi connectivity index (χ0v) is 6.08. The Hall–Kier alpha value is -1.33. The van der Waals surface area contributed by atoms with Gasteiger partial charge in [-0.2, -0.15) is 0 Å². The number of benzene rings is 1. The van der Waals surface area contributed by atoms with E-state index in [-0.39, 0.29) is 12.1 Å². The van der Waals surface area contributed by atoms with Gasteiger partial charge in [-0.3, -0.25) is 0 Å². The Morgan fingerprint density at radius 3 is 2.50 bits per heavy atom. The Kier molecular flexibility index (Phi) is 2.47. The van der Waals surface area contributed by atoms with E-state index in [1.54, 1.807) is 5.48 Å². The molecule has 4 nitrogen and oxygen atoms in total. The van der Waals surface area contributed by atoms with Crippen molar-refractivity contribution >= 4 is 0 Å². The summed E-state index contributed by atoms with van der Waals surface area (Å²) in [5.41, 5.74) is 2.00. The van der Waals surface area contributed by atoms with E-state index in [0.29, 0.717) is 0 Å². The summed E-state index contributed by atoms with van der Waals surface area (Å²) in [6, 6.07) is 2.26. The van der Waals surface area contributed by atoms with Gasteiger partial charge in [0.05, 0.1) is 0 Å². The minimum absolute atomic E-state index is 0.0559. The molecule has 0 aliphatic rings. The zero-order valence-electron chi connectivity index (χ0n) is 6.08. The quantitative estimate of drug-likeness (QED) is 0.392. The number of nitrogens with one attached hydrogen (secondary N) is 1. The first kappa shape index (κ1) is 8.76. The van der Waals surface area contributed by atoms with Crippen molar-refractivity contribution in [3.8, 4) is 11.5 Å². The van der Waals surface area contributed by atoms with Crippen LogP contribution in [0.5, 0.6) is 11.5 Å². The van der Waals surface area contributed by atoms with Crippen LogP contribution in [-0.2, 0) is 6.54 Å². The Morgan fingerprint density at radius 1 is 1.25 bits per heavy atom. The van der Waals surface area contributed by atoms with Crippen LogP contribution in [0.1, 0.15) is 5.56 Å². The summed E-state index contributed by atoms with van der Waals surface area (Å²) in [5, 5.41) is 26.2. The third-order valence-electron chi connectivity index (χ3n) is 1.46. The van der Waals surface area contributed by atoms with Crippen molar-refractivity contribution in [2.24, 2.45) is 0 Å². The van der Waals surface area contributed by atoms with Gasteiger partial charge in [-0.15, -0.1) is 0 Å². The monoisotopic (exact) mass is 173 g/mol. The van der Waals surface area contributed by atoms with E-state index in [1.165, 1.54) is 6.07 Å². The molecule has 0 unspecified atom stereocenters. The van der Waals surface area contributed by atoms with Gasteiger partial charge < -0.3 is 15.4 Å². The number of hydroxylamine groups is 1. The SMILES string of the molecule is ONCc1ccc(F)c(O)c1O. The summed E-state index contributed by atoms with van der Waals surface area (Å²) in [5.74, 6) is -2.26. The second-order valence-electron chi connectivity index (χ2n) is 2.24. The molecule has 0 bridgehead atoms. The highest BCUT2D eigenvalue weighted by Gasteiger charge is 2.10. The van der Waals surface area contributed by atoms with Crippen molar-refractivity contribution in [1.82, 2.24) is 5.48 Å². The van der Waals surface area contributed by atoms with Crippen molar-refractivity contribution in [2.75, 3.05) is 0 Å². The Balaban J connectivity index is 3.08. The smallest absolute Gasteiger partial charge is 0.194 e. The molecule has 0 amide bonds. The maximum atomic E-state index is 12.5. The van der Waals surface area contributed by atoms with E-state index in [1.807, 2.05) is 0 Å². The van der Waals surface area contributed by atoms with E-state index >= 15 is 0 Å². The highest BCUT2D eigenvalue weighted by atomic mass is 19.1. The number of phenols is 2. The molecular weight excluding hydrogens is 165 g/mol. The molecule has 1 aromatic rings. The van der Waals surface area contributed by atoms with Crippen molar-refractivity contribution in [1.29, 1.82) is 0 Å². The molecule has 4 N–H and O–H groups in total. The molecule has 1 rings (SSSR count). The first-order chi connectivity index (χ1) is 5.66. The Bertz CT molecular complexity index is 290. The summed E-state index contributed by atoms with van der Waals surface area (Å²) < 4.78 is 12.5.